The topological polar surface area (TPSA) is 83.0 Å². The summed E-state index contributed by atoms with van der Waals surface area (Å²) in [5.74, 6) is 0.282. The molecule has 7 heteroatoms. The van der Waals surface area contributed by atoms with Crippen LogP contribution >= 0.6 is 0 Å². The van der Waals surface area contributed by atoms with Gasteiger partial charge in [0, 0.05) is 29.4 Å². The normalized spacial score (nSPS) is 15.2. The molecule has 1 saturated heterocycles. The summed E-state index contributed by atoms with van der Waals surface area (Å²) in [4.78, 5) is 31.1. The summed E-state index contributed by atoms with van der Waals surface area (Å²) in [5, 5.41) is 9.05. The number of likely N-dealkylation sites (tertiary alicyclic amines) is 1. The molecular formula is C27H31N5O2. The van der Waals surface area contributed by atoms with Gasteiger partial charge in [0.05, 0.1) is 6.20 Å². The van der Waals surface area contributed by atoms with Gasteiger partial charge < -0.3 is 10.3 Å². The van der Waals surface area contributed by atoms with Gasteiger partial charge in [-0.3, -0.25) is 14.5 Å². The first kappa shape index (κ1) is 22.3. The van der Waals surface area contributed by atoms with Gasteiger partial charge >= 0.3 is 0 Å². The average Bonchev–Trinajstić information content (AvgIpc) is 3.19. The second-order valence-corrected chi connectivity index (χ2v) is 9.58. The third-order valence-electron chi connectivity index (χ3n) is 6.85. The van der Waals surface area contributed by atoms with Crippen LogP contribution in [0.25, 0.3) is 21.8 Å². The first-order chi connectivity index (χ1) is 16.5. The Hall–Kier alpha value is -3.45. The number of H-pyrrole nitrogens is 1. The Morgan fingerprint density at radius 2 is 1.88 bits per heavy atom. The number of rotatable bonds is 6. The van der Waals surface area contributed by atoms with E-state index in [1.807, 2.05) is 25.1 Å². The van der Waals surface area contributed by atoms with Crippen molar-refractivity contribution in [3.05, 3.63) is 75.7 Å². The Morgan fingerprint density at radius 1 is 1.09 bits per heavy atom. The van der Waals surface area contributed by atoms with Gasteiger partial charge in [-0.2, -0.15) is 5.10 Å². The molecular weight excluding hydrogens is 426 g/mol. The fourth-order valence-corrected chi connectivity index (χ4v) is 4.92. The van der Waals surface area contributed by atoms with Crippen LogP contribution in [0, 0.1) is 19.8 Å². The molecule has 0 aliphatic carbocycles. The second kappa shape index (κ2) is 9.43. The number of benzene rings is 2. The highest BCUT2D eigenvalue weighted by Gasteiger charge is 2.20. The van der Waals surface area contributed by atoms with E-state index in [1.165, 1.54) is 15.8 Å². The number of aryl methyl sites for hydroxylation is 2. The van der Waals surface area contributed by atoms with Gasteiger partial charge in [-0.25, -0.2) is 4.68 Å². The molecule has 0 unspecified atom stereocenters. The smallest absolute Gasteiger partial charge is 0.291 e. The lowest BCUT2D eigenvalue weighted by Crippen LogP contribution is -2.40. The van der Waals surface area contributed by atoms with Crippen LogP contribution in [0.5, 0.6) is 0 Å². The van der Waals surface area contributed by atoms with E-state index in [-0.39, 0.29) is 18.0 Å². The van der Waals surface area contributed by atoms with E-state index in [4.69, 9.17) is 0 Å². The van der Waals surface area contributed by atoms with E-state index < -0.39 is 0 Å². The van der Waals surface area contributed by atoms with Crippen molar-refractivity contribution in [1.29, 1.82) is 0 Å². The lowest BCUT2D eigenvalue weighted by molar-refractivity contribution is -0.122. The summed E-state index contributed by atoms with van der Waals surface area (Å²) in [6.45, 7) is 7.75. The maximum Gasteiger partial charge on any atom is 0.291 e. The molecule has 0 spiro atoms. The number of amides is 1. The average molecular weight is 458 g/mol. The van der Waals surface area contributed by atoms with Gasteiger partial charge in [0.1, 0.15) is 12.1 Å². The molecule has 2 aromatic heterocycles. The predicted octanol–water partition coefficient (Wildman–Crippen LogP) is 3.52. The van der Waals surface area contributed by atoms with Crippen molar-refractivity contribution >= 4 is 27.7 Å². The van der Waals surface area contributed by atoms with Gasteiger partial charge in [-0.15, -0.1) is 0 Å². The predicted molar refractivity (Wildman–Crippen MR) is 135 cm³/mol. The van der Waals surface area contributed by atoms with Gasteiger partial charge in [0.25, 0.3) is 5.56 Å². The largest absolute Gasteiger partial charge is 0.354 e. The summed E-state index contributed by atoms with van der Waals surface area (Å²) in [7, 11) is 0. The number of nitrogens with zero attached hydrogens (tertiary/aromatic N) is 3. The third-order valence-corrected chi connectivity index (χ3v) is 6.85. The van der Waals surface area contributed by atoms with Crippen LogP contribution in [0.2, 0.25) is 0 Å². The molecule has 0 atom stereocenters. The first-order valence-corrected chi connectivity index (χ1v) is 12.0. The maximum absolute atomic E-state index is 12.9. The Kier molecular flexibility index (Phi) is 6.20. The number of nitrogens with one attached hydrogen (secondary N) is 2. The molecule has 34 heavy (non-hydrogen) atoms. The van der Waals surface area contributed by atoms with Gasteiger partial charge in [0.2, 0.25) is 5.91 Å². The molecule has 5 rings (SSSR count). The van der Waals surface area contributed by atoms with Gasteiger partial charge in [-0.1, -0.05) is 41.5 Å². The minimum absolute atomic E-state index is 0.0740. The summed E-state index contributed by atoms with van der Waals surface area (Å²) in [6.07, 6.45) is 3.79. The first-order valence-electron chi connectivity index (χ1n) is 12.0. The molecule has 1 amide bonds. The molecule has 0 saturated carbocycles. The number of aromatic amines is 1. The Bertz CT molecular complexity index is 1400. The van der Waals surface area contributed by atoms with E-state index >= 15 is 0 Å². The monoisotopic (exact) mass is 457 g/mol. The highest BCUT2D eigenvalue weighted by Crippen LogP contribution is 2.23. The minimum atomic E-state index is -0.272. The van der Waals surface area contributed by atoms with Crippen LogP contribution in [-0.2, 0) is 17.9 Å². The quantitative estimate of drug-likeness (QED) is 0.464. The van der Waals surface area contributed by atoms with E-state index in [2.05, 4.69) is 51.5 Å². The molecule has 0 bridgehead atoms. The van der Waals surface area contributed by atoms with Gasteiger partial charge in [0.15, 0.2) is 0 Å². The number of piperidine rings is 1. The van der Waals surface area contributed by atoms with Crippen molar-refractivity contribution in [3.8, 4) is 0 Å². The Morgan fingerprint density at radius 3 is 2.68 bits per heavy atom. The van der Waals surface area contributed by atoms with Crippen molar-refractivity contribution in [1.82, 2.24) is 25.0 Å². The van der Waals surface area contributed by atoms with E-state index in [0.717, 1.165) is 54.3 Å². The van der Waals surface area contributed by atoms with Crippen LogP contribution in [-0.4, -0.2) is 45.2 Å². The van der Waals surface area contributed by atoms with Crippen LogP contribution in [0.1, 0.15) is 29.5 Å². The number of fused-ring (bicyclic) bond motifs is 3. The fourth-order valence-electron chi connectivity index (χ4n) is 4.92. The molecule has 176 valence electrons. The molecule has 2 aromatic carbocycles. The van der Waals surface area contributed by atoms with E-state index in [9.17, 15) is 9.59 Å². The molecule has 1 fully saturated rings. The van der Waals surface area contributed by atoms with Crippen molar-refractivity contribution in [2.75, 3.05) is 19.6 Å². The fraction of sp³-hybridized carbons (Fsp3) is 0.370. The van der Waals surface area contributed by atoms with Gasteiger partial charge in [-0.05, 0) is 63.4 Å². The van der Waals surface area contributed by atoms with Crippen molar-refractivity contribution in [2.24, 2.45) is 5.92 Å². The Balaban J connectivity index is 1.15. The lowest BCUT2D eigenvalue weighted by Gasteiger charge is -2.32. The number of aromatic nitrogens is 3. The summed E-state index contributed by atoms with van der Waals surface area (Å²) in [6, 6.07) is 14.7. The SMILES string of the molecule is Cc1cccc(CN2CCC(CNC(=O)Cn3ncc4c([nH]c5ccc(C)cc54)c3=O)CC2)c1. The highest BCUT2D eigenvalue weighted by atomic mass is 16.2. The van der Waals surface area contributed by atoms with Crippen molar-refractivity contribution in [3.63, 3.8) is 0 Å². The lowest BCUT2D eigenvalue weighted by atomic mass is 9.96. The van der Waals surface area contributed by atoms with Crippen LogP contribution in [0.3, 0.4) is 0 Å². The van der Waals surface area contributed by atoms with Crippen molar-refractivity contribution in [2.45, 2.75) is 39.8 Å². The number of carbonyl (C=O) groups excluding carboxylic acids is 1. The Labute approximate surface area is 198 Å². The van der Waals surface area contributed by atoms with Crippen LogP contribution in [0.15, 0.2) is 53.5 Å². The number of hydrogen-bond acceptors (Lipinski definition) is 4. The summed E-state index contributed by atoms with van der Waals surface area (Å²) < 4.78 is 1.24. The zero-order valence-electron chi connectivity index (χ0n) is 19.8. The second-order valence-electron chi connectivity index (χ2n) is 9.58. The standard InChI is InChI=1S/C27H31N5O2/c1-18-4-3-5-21(12-18)16-31-10-8-20(9-11-31)14-28-25(33)17-32-27(34)26-23(15-29-32)22-13-19(2)6-7-24(22)30-26/h3-7,12-13,15,20,30H,8-11,14,16-17H2,1-2H3,(H,28,33). The van der Waals surface area contributed by atoms with Crippen molar-refractivity contribution < 1.29 is 4.79 Å². The van der Waals surface area contributed by atoms with E-state index in [0.29, 0.717) is 18.0 Å². The number of hydrogen-bond donors (Lipinski definition) is 2. The minimum Gasteiger partial charge on any atom is -0.354 e. The molecule has 1 aliphatic heterocycles. The van der Waals surface area contributed by atoms with Crippen LogP contribution in [0.4, 0.5) is 0 Å². The molecule has 7 nitrogen and oxygen atoms in total. The third kappa shape index (κ3) is 4.75. The molecule has 1 aliphatic rings. The maximum atomic E-state index is 12.9. The zero-order valence-corrected chi connectivity index (χ0v) is 19.8. The van der Waals surface area contributed by atoms with E-state index in [1.54, 1.807) is 6.20 Å². The number of carbonyl (C=O) groups is 1. The molecule has 2 N–H and O–H groups in total. The molecule has 4 aromatic rings. The summed E-state index contributed by atoms with van der Waals surface area (Å²) in [5.41, 5.74) is 4.89. The molecule has 3 heterocycles. The zero-order chi connectivity index (χ0) is 23.7. The highest BCUT2D eigenvalue weighted by molar-refractivity contribution is 6.06. The van der Waals surface area contributed by atoms with Crippen LogP contribution < -0.4 is 10.9 Å². The summed E-state index contributed by atoms with van der Waals surface area (Å²) >= 11 is 0. The molecule has 0 radical (unpaired) electrons.